The number of halogens is 2. The lowest BCUT2D eigenvalue weighted by atomic mass is 9.74. The highest BCUT2D eigenvalue weighted by atomic mass is 35.5. The van der Waals surface area contributed by atoms with Gasteiger partial charge in [-0.2, -0.15) is 0 Å². The zero-order chi connectivity index (χ0) is 22.3. The van der Waals surface area contributed by atoms with Gasteiger partial charge in [-0.3, -0.25) is 4.79 Å². The Morgan fingerprint density at radius 1 is 1.26 bits per heavy atom. The smallest absolute Gasteiger partial charge is 0.244 e. The van der Waals surface area contributed by atoms with E-state index in [0.29, 0.717) is 42.9 Å². The molecule has 1 amide bonds. The zero-order valence-electron chi connectivity index (χ0n) is 17.8. The van der Waals surface area contributed by atoms with E-state index >= 15 is 0 Å². The summed E-state index contributed by atoms with van der Waals surface area (Å²) in [4.78, 5) is 12.5. The van der Waals surface area contributed by atoms with Crippen molar-refractivity contribution in [3.8, 4) is 11.5 Å². The third kappa shape index (κ3) is 5.77. The average Bonchev–Trinajstić information content (AvgIpc) is 2.79. The summed E-state index contributed by atoms with van der Waals surface area (Å²) in [6.07, 6.45) is 4.65. The molecule has 1 aliphatic heterocycles. The van der Waals surface area contributed by atoms with Crippen LogP contribution in [0.3, 0.4) is 0 Å². The molecule has 3 rings (SSSR count). The third-order valence-corrected chi connectivity index (χ3v) is 5.76. The summed E-state index contributed by atoms with van der Waals surface area (Å²) >= 11 is 6.29. The summed E-state index contributed by atoms with van der Waals surface area (Å²) in [6.45, 7) is 3.99. The standard InChI is InChI=1S/C24H27ClFNO4/c1-3-31-23-20(25)14-17(15-21(23)29-2)4-9-22(28)27-16-24(10-12-30-13-11-24)18-5-7-19(26)8-6-18/h4-9,14-15H,3,10-13,16H2,1-2H3,(H,27,28). The molecule has 2 aromatic carbocycles. The monoisotopic (exact) mass is 447 g/mol. The van der Waals surface area contributed by atoms with Crippen LogP contribution in [0.1, 0.15) is 30.9 Å². The largest absolute Gasteiger partial charge is 0.493 e. The van der Waals surface area contributed by atoms with Gasteiger partial charge in [0.05, 0.1) is 18.7 Å². The minimum Gasteiger partial charge on any atom is -0.493 e. The second kappa shape index (κ2) is 10.6. The highest BCUT2D eigenvalue weighted by Gasteiger charge is 2.34. The van der Waals surface area contributed by atoms with E-state index in [1.807, 2.05) is 6.92 Å². The molecule has 0 atom stereocenters. The molecule has 0 unspecified atom stereocenters. The second-order valence-electron chi connectivity index (χ2n) is 7.42. The number of carbonyl (C=O) groups excluding carboxylic acids is 1. The van der Waals surface area contributed by atoms with Crippen molar-refractivity contribution in [1.82, 2.24) is 5.32 Å². The van der Waals surface area contributed by atoms with E-state index in [-0.39, 0.29) is 17.1 Å². The first-order valence-corrected chi connectivity index (χ1v) is 10.7. The number of hydrogen-bond acceptors (Lipinski definition) is 4. The molecular formula is C24H27ClFNO4. The molecule has 0 radical (unpaired) electrons. The van der Waals surface area contributed by atoms with Crippen molar-refractivity contribution >= 4 is 23.6 Å². The van der Waals surface area contributed by atoms with Crippen molar-refractivity contribution in [2.45, 2.75) is 25.2 Å². The van der Waals surface area contributed by atoms with E-state index in [9.17, 15) is 9.18 Å². The third-order valence-electron chi connectivity index (χ3n) is 5.48. The quantitative estimate of drug-likeness (QED) is 0.592. The normalized spacial score (nSPS) is 15.6. The predicted octanol–water partition coefficient (Wildman–Crippen LogP) is 4.76. The van der Waals surface area contributed by atoms with Crippen LogP contribution in [0.15, 0.2) is 42.5 Å². The Kier molecular flexibility index (Phi) is 7.93. The summed E-state index contributed by atoms with van der Waals surface area (Å²) in [5.74, 6) is 0.486. The number of methoxy groups -OCH3 is 1. The summed E-state index contributed by atoms with van der Waals surface area (Å²) in [7, 11) is 1.54. The Hall–Kier alpha value is -2.57. The number of carbonyl (C=O) groups is 1. The van der Waals surface area contributed by atoms with Crippen molar-refractivity contribution in [1.29, 1.82) is 0 Å². The van der Waals surface area contributed by atoms with Crippen LogP contribution in [-0.2, 0) is 14.9 Å². The van der Waals surface area contributed by atoms with Crippen LogP contribution in [-0.4, -0.2) is 39.4 Å². The summed E-state index contributed by atoms with van der Waals surface area (Å²) in [5.41, 5.74) is 1.45. The first-order valence-electron chi connectivity index (χ1n) is 10.3. The van der Waals surface area contributed by atoms with Gasteiger partial charge < -0.3 is 19.5 Å². The molecule has 1 N–H and O–H groups in total. The van der Waals surface area contributed by atoms with Gasteiger partial charge in [0.25, 0.3) is 0 Å². The van der Waals surface area contributed by atoms with Gasteiger partial charge in [0.15, 0.2) is 11.5 Å². The van der Waals surface area contributed by atoms with Gasteiger partial charge in [-0.1, -0.05) is 23.7 Å². The maximum absolute atomic E-state index is 13.4. The average molecular weight is 448 g/mol. The van der Waals surface area contributed by atoms with Crippen molar-refractivity contribution in [3.63, 3.8) is 0 Å². The number of hydrogen-bond donors (Lipinski definition) is 1. The number of nitrogens with one attached hydrogen (secondary N) is 1. The maximum atomic E-state index is 13.4. The molecule has 7 heteroatoms. The summed E-state index contributed by atoms with van der Waals surface area (Å²) < 4.78 is 29.7. The lowest BCUT2D eigenvalue weighted by Crippen LogP contribution is -2.44. The Morgan fingerprint density at radius 3 is 2.61 bits per heavy atom. The molecule has 5 nitrogen and oxygen atoms in total. The fourth-order valence-electron chi connectivity index (χ4n) is 3.74. The number of rotatable bonds is 8. The molecule has 1 aliphatic rings. The predicted molar refractivity (Wildman–Crippen MR) is 119 cm³/mol. The van der Waals surface area contributed by atoms with E-state index in [0.717, 1.165) is 24.0 Å². The molecule has 0 bridgehead atoms. The van der Waals surface area contributed by atoms with Crippen LogP contribution < -0.4 is 14.8 Å². The number of benzene rings is 2. The van der Waals surface area contributed by atoms with E-state index in [1.165, 1.54) is 25.3 Å². The molecule has 166 valence electrons. The van der Waals surface area contributed by atoms with Crippen LogP contribution in [0, 0.1) is 5.82 Å². The molecule has 2 aromatic rings. The van der Waals surface area contributed by atoms with Crippen molar-refractivity contribution in [3.05, 3.63) is 64.4 Å². The van der Waals surface area contributed by atoms with Gasteiger partial charge in [-0.25, -0.2) is 4.39 Å². The van der Waals surface area contributed by atoms with Crippen LogP contribution >= 0.6 is 11.6 Å². The van der Waals surface area contributed by atoms with E-state index in [4.69, 9.17) is 25.8 Å². The van der Waals surface area contributed by atoms with Crippen molar-refractivity contribution in [2.75, 3.05) is 33.5 Å². The molecule has 31 heavy (non-hydrogen) atoms. The molecule has 0 spiro atoms. The highest BCUT2D eigenvalue weighted by Crippen LogP contribution is 2.37. The highest BCUT2D eigenvalue weighted by molar-refractivity contribution is 6.32. The maximum Gasteiger partial charge on any atom is 0.244 e. The van der Waals surface area contributed by atoms with Gasteiger partial charge in [-0.05, 0) is 61.2 Å². The molecule has 1 saturated heterocycles. The van der Waals surface area contributed by atoms with Crippen LogP contribution in [0.2, 0.25) is 5.02 Å². The van der Waals surface area contributed by atoms with Crippen LogP contribution in [0.4, 0.5) is 4.39 Å². The number of amides is 1. The molecular weight excluding hydrogens is 421 g/mol. The summed E-state index contributed by atoms with van der Waals surface area (Å²) in [5, 5.41) is 3.40. The molecule has 0 aromatic heterocycles. The minimum atomic E-state index is -0.277. The second-order valence-corrected chi connectivity index (χ2v) is 7.83. The SMILES string of the molecule is CCOc1c(Cl)cc(C=CC(=O)NCC2(c3ccc(F)cc3)CCOCC2)cc1OC. The van der Waals surface area contributed by atoms with Crippen molar-refractivity contribution in [2.24, 2.45) is 0 Å². The lowest BCUT2D eigenvalue weighted by Gasteiger charge is -2.37. The topological polar surface area (TPSA) is 56.8 Å². The Morgan fingerprint density at radius 2 is 1.97 bits per heavy atom. The zero-order valence-corrected chi connectivity index (χ0v) is 18.5. The van der Waals surface area contributed by atoms with Crippen molar-refractivity contribution < 1.29 is 23.4 Å². The number of ether oxygens (including phenoxy) is 3. The summed E-state index contributed by atoms with van der Waals surface area (Å²) in [6, 6.07) is 9.97. The van der Waals surface area contributed by atoms with E-state index in [1.54, 1.807) is 30.3 Å². The first-order chi connectivity index (χ1) is 15.0. The van der Waals surface area contributed by atoms with Crippen LogP contribution in [0.5, 0.6) is 11.5 Å². The fraction of sp³-hybridized carbons (Fsp3) is 0.375. The Balaban J connectivity index is 1.70. The molecule has 1 heterocycles. The van der Waals surface area contributed by atoms with E-state index < -0.39 is 0 Å². The molecule has 0 aliphatic carbocycles. The van der Waals surface area contributed by atoms with Gasteiger partial charge in [0.1, 0.15) is 5.82 Å². The minimum absolute atomic E-state index is 0.225. The van der Waals surface area contributed by atoms with Gasteiger partial charge in [0.2, 0.25) is 5.91 Å². The van der Waals surface area contributed by atoms with E-state index in [2.05, 4.69) is 5.32 Å². The first kappa shape index (κ1) is 23.1. The Bertz CT molecular complexity index is 924. The van der Waals surface area contributed by atoms with Gasteiger partial charge >= 0.3 is 0 Å². The lowest BCUT2D eigenvalue weighted by molar-refractivity contribution is -0.116. The van der Waals surface area contributed by atoms with Gasteiger partial charge in [0, 0.05) is 31.2 Å². The molecule has 1 fully saturated rings. The molecule has 0 saturated carbocycles. The fourth-order valence-corrected chi connectivity index (χ4v) is 4.01. The van der Waals surface area contributed by atoms with Crippen LogP contribution in [0.25, 0.3) is 6.08 Å². The Labute approximate surface area is 187 Å². The van der Waals surface area contributed by atoms with Gasteiger partial charge in [-0.15, -0.1) is 0 Å².